The highest BCUT2D eigenvalue weighted by Gasteiger charge is 2.43. The van der Waals surface area contributed by atoms with E-state index in [1.807, 2.05) is 18.2 Å². The van der Waals surface area contributed by atoms with Gasteiger partial charge >= 0.3 is 6.09 Å². The maximum absolute atomic E-state index is 14.1. The number of hydrogen-bond donors (Lipinski definition) is 1. The van der Waals surface area contributed by atoms with Gasteiger partial charge in [-0.3, -0.25) is 9.78 Å². The van der Waals surface area contributed by atoms with Crippen molar-refractivity contribution in [2.75, 3.05) is 0 Å². The number of ether oxygens (including phenoxy) is 1. The molecule has 1 aliphatic heterocycles. The lowest BCUT2D eigenvalue weighted by Gasteiger charge is -2.20. The molecule has 1 aromatic heterocycles. The molecule has 0 radical (unpaired) electrons. The Morgan fingerprint density at radius 3 is 2.67 bits per heavy atom. The minimum absolute atomic E-state index is 0.319. The lowest BCUT2D eigenvalue weighted by molar-refractivity contribution is -0.130. The molecule has 27 heavy (non-hydrogen) atoms. The third kappa shape index (κ3) is 4.20. The summed E-state index contributed by atoms with van der Waals surface area (Å²) < 4.78 is 19.4. The molecule has 7 heteroatoms. The van der Waals surface area contributed by atoms with Crippen LogP contribution in [0.1, 0.15) is 30.7 Å². The smallest absolute Gasteiger partial charge is 0.417 e. The zero-order valence-corrected chi connectivity index (χ0v) is 14.7. The second-order valence-electron chi connectivity index (χ2n) is 6.22. The monoisotopic (exact) mass is 370 g/mol. The van der Waals surface area contributed by atoms with E-state index in [0.29, 0.717) is 5.69 Å². The van der Waals surface area contributed by atoms with Crippen molar-refractivity contribution in [2.45, 2.75) is 31.6 Å². The predicted molar refractivity (Wildman–Crippen MR) is 95.9 cm³/mol. The van der Waals surface area contributed by atoms with Crippen molar-refractivity contribution in [1.82, 2.24) is 9.88 Å². The molecule has 1 aromatic carbocycles. The minimum atomic E-state index is -1.67. The number of halogens is 1. The molecule has 2 amide bonds. The molecule has 0 unspecified atom stereocenters. The van der Waals surface area contributed by atoms with Crippen LogP contribution < -0.4 is 0 Å². The summed E-state index contributed by atoms with van der Waals surface area (Å²) in [5.74, 6) is -1.61. The molecule has 2 heterocycles. The number of aliphatic hydroxyl groups excluding tert-OH is 1. The van der Waals surface area contributed by atoms with E-state index in [2.05, 4.69) is 4.98 Å². The summed E-state index contributed by atoms with van der Waals surface area (Å²) in [6, 6.07) is 13.4. The van der Waals surface area contributed by atoms with Crippen LogP contribution in [0.2, 0.25) is 0 Å². The Hall–Kier alpha value is -3.06. The van der Waals surface area contributed by atoms with Crippen LogP contribution in [0.4, 0.5) is 9.18 Å². The van der Waals surface area contributed by atoms with E-state index in [1.165, 1.54) is 6.20 Å². The number of hydrogen-bond acceptors (Lipinski definition) is 5. The van der Waals surface area contributed by atoms with E-state index in [1.54, 1.807) is 37.3 Å². The minimum Gasteiger partial charge on any atom is -0.439 e. The molecule has 0 saturated carbocycles. The summed E-state index contributed by atoms with van der Waals surface area (Å²) in [5.41, 5.74) is 1.08. The molecule has 1 fully saturated rings. The Morgan fingerprint density at radius 2 is 2.00 bits per heavy atom. The molecule has 6 nitrogen and oxygen atoms in total. The van der Waals surface area contributed by atoms with E-state index in [9.17, 15) is 19.1 Å². The summed E-state index contributed by atoms with van der Waals surface area (Å²) in [7, 11) is 0. The van der Waals surface area contributed by atoms with Crippen molar-refractivity contribution in [3.8, 4) is 0 Å². The molecule has 3 rings (SSSR count). The number of benzene rings is 1. The molecular formula is C20H19FN2O4. The van der Waals surface area contributed by atoms with Crippen LogP contribution >= 0.6 is 0 Å². The van der Waals surface area contributed by atoms with Crippen LogP contribution in [0.3, 0.4) is 0 Å². The highest BCUT2D eigenvalue weighted by Crippen LogP contribution is 2.33. The first-order valence-electron chi connectivity index (χ1n) is 8.51. The lowest BCUT2D eigenvalue weighted by Crippen LogP contribution is -2.39. The average Bonchev–Trinajstić information content (AvgIpc) is 2.97. The molecule has 2 aromatic rings. The normalized spacial score (nSPS) is 21.1. The van der Waals surface area contributed by atoms with Crippen LogP contribution in [-0.2, 0) is 9.53 Å². The zero-order valence-electron chi connectivity index (χ0n) is 14.7. The van der Waals surface area contributed by atoms with Crippen molar-refractivity contribution in [1.29, 1.82) is 0 Å². The molecular weight excluding hydrogens is 351 g/mol. The molecule has 1 aliphatic rings. The van der Waals surface area contributed by atoms with Crippen LogP contribution in [0.15, 0.2) is 60.6 Å². The van der Waals surface area contributed by atoms with Gasteiger partial charge in [-0.2, -0.15) is 0 Å². The second kappa shape index (κ2) is 8.09. The Balaban J connectivity index is 1.68. The number of amides is 2. The first kappa shape index (κ1) is 18.7. The Bertz CT molecular complexity index is 842. The van der Waals surface area contributed by atoms with Crippen molar-refractivity contribution < 1.29 is 23.8 Å². The standard InChI is InChI=1S/C20H19FN2O4/c1-13-19(14-7-3-2-4-8-14)27-20(26)23(13)18(25)12-17(24)16(21)11-15-9-5-6-10-22-15/h2-11,13,17,19,24H,12H2,1H3/t13-,17-,19-/m0/s1. The van der Waals surface area contributed by atoms with Crippen molar-refractivity contribution in [3.05, 3.63) is 71.8 Å². The Kier molecular flexibility index (Phi) is 5.61. The number of aliphatic hydroxyl groups is 1. The van der Waals surface area contributed by atoms with Gasteiger partial charge in [-0.25, -0.2) is 14.1 Å². The number of rotatable bonds is 5. The fourth-order valence-corrected chi connectivity index (χ4v) is 2.94. The van der Waals surface area contributed by atoms with Crippen LogP contribution in [0.5, 0.6) is 0 Å². The largest absolute Gasteiger partial charge is 0.439 e. The lowest BCUT2D eigenvalue weighted by atomic mass is 10.0. The fourth-order valence-electron chi connectivity index (χ4n) is 2.94. The topological polar surface area (TPSA) is 79.7 Å². The van der Waals surface area contributed by atoms with Crippen LogP contribution in [-0.4, -0.2) is 39.1 Å². The molecule has 1 N–H and O–H groups in total. The van der Waals surface area contributed by atoms with Gasteiger partial charge in [0.1, 0.15) is 18.0 Å². The first-order chi connectivity index (χ1) is 13.0. The maximum atomic E-state index is 14.1. The van der Waals surface area contributed by atoms with Gasteiger partial charge in [0.15, 0.2) is 0 Å². The molecule has 0 aliphatic carbocycles. The van der Waals surface area contributed by atoms with Gasteiger partial charge in [0, 0.05) is 6.20 Å². The molecule has 140 valence electrons. The van der Waals surface area contributed by atoms with Crippen molar-refractivity contribution in [2.24, 2.45) is 0 Å². The number of pyridine rings is 1. The van der Waals surface area contributed by atoms with Crippen molar-refractivity contribution in [3.63, 3.8) is 0 Å². The van der Waals surface area contributed by atoms with E-state index >= 15 is 0 Å². The van der Waals surface area contributed by atoms with E-state index < -0.39 is 42.5 Å². The van der Waals surface area contributed by atoms with Gasteiger partial charge in [-0.1, -0.05) is 36.4 Å². The predicted octanol–water partition coefficient (Wildman–Crippen LogP) is 3.25. The zero-order chi connectivity index (χ0) is 19.4. The molecule has 3 atom stereocenters. The summed E-state index contributed by atoms with van der Waals surface area (Å²) in [6.07, 6.45) is -1.11. The number of carbonyl (C=O) groups is 2. The molecule has 0 spiro atoms. The average molecular weight is 370 g/mol. The highest BCUT2D eigenvalue weighted by atomic mass is 19.1. The number of nitrogens with zero attached hydrogens (tertiary/aromatic N) is 2. The van der Waals surface area contributed by atoms with E-state index in [4.69, 9.17) is 4.74 Å². The summed E-state index contributed by atoms with van der Waals surface area (Å²) in [6.45, 7) is 1.67. The van der Waals surface area contributed by atoms with Gasteiger partial charge in [-0.05, 0) is 30.7 Å². The second-order valence-corrected chi connectivity index (χ2v) is 6.22. The van der Waals surface area contributed by atoms with Gasteiger partial charge in [0.25, 0.3) is 0 Å². The summed E-state index contributed by atoms with van der Waals surface area (Å²) in [4.78, 5) is 29.5. The number of carbonyl (C=O) groups excluding carboxylic acids is 2. The van der Waals surface area contributed by atoms with Gasteiger partial charge < -0.3 is 9.84 Å². The summed E-state index contributed by atoms with van der Waals surface area (Å²) in [5, 5.41) is 9.99. The summed E-state index contributed by atoms with van der Waals surface area (Å²) >= 11 is 0. The maximum Gasteiger partial charge on any atom is 0.417 e. The molecule has 1 saturated heterocycles. The Labute approximate surface area is 155 Å². The van der Waals surface area contributed by atoms with E-state index in [-0.39, 0.29) is 0 Å². The number of aromatic nitrogens is 1. The fraction of sp³-hybridized carbons (Fsp3) is 0.250. The van der Waals surface area contributed by atoms with E-state index in [0.717, 1.165) is 16.5 Å². The number of cyclic esters (lactones) is 1. The quantitative estimate of drug-likeness (QED) is 0.874. The first-order valence-corrected chi connectivity index (χ1v) is 8.51. The van der Waals surface area contributed by atoms with Crippen molar-refractivity contribution >= 4 is 18.1 Å². The van der Waals surface area contributed by atoms with Gasteiger partial charge in [-0.15, -0.1) is 0 Å². The van der Waals surface area contributed by atoms with Gasteiger partial charge in [0.2, 0.25) is 5.91 Å². The SMILES string of the molecule is C[C@H]1[C@@H](c2ccccc2)OC(=O)N1C(=O)C[C@H](O)C(F)=Cc1ccccn1. The molecule has 0 bridgehead atoms. The van der Waals surface area contributed by atoms with Crippen LogP contribution in [0.25, 0.3) is 6.08 Å². The Morgan fingerprint density at radius 1 is 1.30 bits per heavy atom. The third-order valence-corrected chi connectivity index (χ3v) is 4.33. The third-order valence-electron chi connectivity index (χ3n) is 4.33. The number of imide groups is 1. The highest BCUT2D eigenvalue weighted by molar-refractivity contribution is 5.94. The van der Waals surface area contributed by atoms with Crippen LogP contribution in [0, 0.1) is 0 Å². The van der Waals surface area contributed by atoms with Gasteiger partial charge in [0.05, 0.1) is 18.2 Å².